The molecule has 0 aliphatic carbocycles. The fraction of sp³-hybridized carbons (Fsp3) is 0.632. The van der Waals surface area contributed by atoms with E-state index in [2.05, 4.69) is 9.88 Å². The normalized spacial score (nSPS) is 17.6. The number of carbonyl (C=O) groups is 2. The predicted molar refractivity (Wildman–Crippen MR) is 97.7 cm³/mol. The van der Waals surface area contributed by atoms with Crippen molar-refractivity contribution in [1.29, 1.82) is 0 Å². The predicted octanol–water partition coefficient (Wildman–Crippen LogP) is 3.35. The van der Waals surface area contributed by atoms with Crippen LogP contribution in [0.1, 0.15) is 52.5 Å². The third-order valence-corrected chi connectivity index (χ3v) is 4.58. The van der Waals surface area contributed by atoms with Crippen LogP contribution >= 0.6 is 0 Å². The number of aromatic nitrogens is 1. The summed E-state index contributed by atoms with van der Waals surface area (Å²) in [6, 6.07) is 3.67. The first kappa shape index (κ1) is 19.2. The van der Waals surface area contributed by atoms with Crippen molar-refractivity contribution in [3.05, 3.63) is 23.9 Å². The average molecular weight is 347 g/mol. The van der Waals surface area contributed by atoms with Gasteiger partial charge in [-0.25, -0.2) is 9.78 Å². The van der Waals surface area contributed by atoms with Gasteiger partial charge in [0.2, 0.25) is 0 Å². The van der Waals surface area contributed by atoms with Gasteiger partial charge in [-0.05, 0) is 53.0 Å². The molecule has 1 aromatic rings. The van der Waals surface area contributed by atoms with Crippen LogP contribution in [0.15, 0.2) is 18.3 Å². The lowest BCUT2D eigenvalue weighted by Crippen LogP contribution is -2.49. The van der Waals surface area contributed by atoms with Crippen LogP contribution in [-0.2, 0) is 15.1 Å². The zero-order chi connectivity index (χ0) is 18.7. The van der Waals surface area contributed by atoms with Crippen molar-refractivity contribution in [2.75, 3.05) is 25.0 Å². The highest BCUT2D eigenvalue weighted by Crippen LogP contribution is 2.34. The van der Waals surface area contributed by atoms with E-state index in [1.807, 2.05) is 6.07 Å². The molecular weight excluding hydrogens is 318 g/mol. The molecule has 1 aliphatic rings. The Morgan fingerprint density at radius 3 is 2.44 bits per heavy atom. The van der Waals surface area contributed by atoms with Crippen LogP contribution in [0, 0.1) is 0 Å². The fourth-order valence-electron chi connectivity index (χ4n) is 2.99. The molecular formula is C19H29N3O3. The molecule has 1 unspecified atom stereocenters. The van der Waals surface area contributed by atoms with E-state index in [0.717, 1.165) is 43.6 Å². The van der Waals surface area contributed by atoms with Gasteiger partial charge in [0.1, 0.15) is 23.2 Å². The van der Waals surface area contributed by atoms with Crippen molar-refractivity contribution in [3.63, 3.8) is 0 Å². The first-order valence-corrected chi connectivity index (χ1v) is 8.82. The second-order valence-electron chi connectivity index (χ2n) is 7.73. The monoisotopic (exact) mass is 347 g/mol. The Hall–Kier alpha value is -2.11. The summed E-state index contributed by atoms with van der Waals surface area (Å²) in [6.07, 6.45) is 5.41. The van der Waals surface area contributed by atoms with Gasteiger partial charge < -0.3 is 14.4 Å². The maximum atomic E-state index is 12.5. The molecule has 0 spiro atoms. The summed E-state index contributed by atoms with van der Waals surface area (Å²) in [7, 11) is 1.59. The summed E-state index contributed by atoms with van der Waals surface area (Å²) in [5.74, 6) is 0.771. The number of likely N-dealkylation sites (N-methyl/N-ethyl adjacent to an activating group) is 1. The number of hydrogen-bond donors (Lipinski definition) is 0. The van der Waals surface area contributed by atoms with Crippen LogP contribution in [0.3, 0.4) is 0 Å². The van der Waals surface area contributed by atoms with Gasteiger partial charge >= 0.3 is 6.09 Å². The van der Waals surface area contributed by atoms with Crippen LogP contribution in [0.2, 0.25) is 0 Å². The van der Waals surface area contributed by atoms with E-state index < -0.39 is 17.2 Å². The molecule has 1 aliphatic heterocycles. The van der Waals surface area contributed by atoms with E-state index in [9.17, 15) is 9.59 Å². The van der Waals surface area contributed by atoms with Crippen molar-refractivity contribution in [3.8, 4) is 0 Å². The van der Waals surface area contributed by atoms with Crippen molar-refractivity contribution in [2.24, 2.45) is 0 Å². The highest BCUT2D eigenvalue weighted by Gasteiger charge is 2.39. The Bertz CT molecular complexity index is 621. The van der Waals surface area contributed by atoms with Crippen LogP contribution < -0.4 is 4.90 Å². The number of ether oxygens (including phenoxy) is 1. The Balaban J connectivity index is 2.38. The van der Waals surface area contributed by atoms with Gasteiger partial charge in [-0.15, -0.1) is 0 Å². The van der Waals surface area contributed by atoms with Gasteiger partial charge in [0.05, 0.1) is 0 Å². The molecule has 6 heteroatoms. The van der Waals surface area contributed by atoms with E-state index in [1.165, 1.54) is 11.3 Å². The minimum Gasteiger partial charge on any atom is -0.444 e. The van der Waals surface area contributed by atoms with Crippen molar-refractivity contribution in [1.82, 2.24) is 9.88 Å². The lowest BCUT2D eigenvalue weighted by Gasteiger charge is -2.38. The number of amides is 1. The third kappa shape index (κ3) is 4.30. The SMILES string of the molecule is CN(C(=O)OC(C)(C)C)C(C)(C=O)c1cccnc1N1CCCCC1. The van der Waals surface area contributed by atoms with Gasteiger partial charge in [-0.1, -0.05) is 6.07 Å². The molecule has 138 valence electrons. The lowest BCUT2D eigenvalue weighted by atomic mass is 9.91. The molecule has 2 heterocycles. The van der Waals surface area contributed by atoms with Crippen LogP contribution in [0.25, 0.3) is 0 Å². The highest BCUT2D eigenvalue weighted by atomic mass is 16.6. The summed E-state index contributed by atoms with van der Waals surface area (Å²) >= 11 is 0. The molecule has 2 rings (SSSR count). The zero-order valence-corrected chi connectivity index (χ0v) is 15.9. The minimum atomic E-state index is -1.15. The van der Waals surface area contributed by atoms with Crippen molar-refractivity contribution >= 4 is 18.2 Å². The third-order valence-electron chi connectivity index (χ3n) is 4.58. The molecule has 1 atom stereocenters. The average Bonchev–Trinajstić information content (AvgIpc) is 2.59. The number of hydrogen-bond acceptors (Lipinski definition) is 5. The Kier molecular flexibility index (Phi) is 5.70. The van der Waals surface area contributed by atoms with Crippen LogP contribution in [0.4, 0.5) is 10.6 Å². The van der Waals surface area contributed by atoms with Crippen LogP contribution in [-0.4, -0.2) is 48.0 Å². The number of anilines is 1. The molecule has 25 heavy (non-hydrogen) atoms. The summed E-state index contributed by atoms with van der Waals surface area (Å²) in [5, 5.41) is 0. The lowest BCUT2D eigenvalue weighted by molar-refractivity contribution is -0.117. The number of piperidine rings is 1. The van der Waals surface area contributed by atoms with Crippen molar-refractivity contribution in [2.45, 2.75) is 58.1 Å². The van der Waals surface area contributed by atoms with E-state index in [1.54, 1.807) is 47.0 Å². The topological polar surface area (TPSA) is 62.7 Å². The van der Waals surface area contributed by atoms with Gasteiger partial charge in [-0.3, -0.25) is 4.90 Å². The fourth-order valence-corrected chi connectivity index (χ4v) is 2.99. The van der Waals surface area contributed by atoms with Crippen molar-refractivity contribution < 1.29 is 14.3 Å². The molecule has 1 saturated heterocycles. The molecule has 0 N–H and O–H groups in total. The summed E-state index contributed by atoms with van der Waals surface area (Å²) in [5.41, 5.74) is -1.05. The molecule has 0 radical (unpaired) electrons. The molecule has 0 saturated carbocycles. The number of aldehydes is 1. The standard InChI is InChI=1S/C19H29N3O3/c1-18(2,3)25-17(24)21(5)19(4,14-23)15-10-9-11-20-16(15)22-12-7-6-8-13-22/h9-11,14H,6-8,12-13H2,1-5H3. The summed E-state index contributed by atoms with van der Waals surface area (Å²) in [4.78, 5) is 32.7. The van der Waals surface area contributed by atoms with Crippen LogP contribution in [0.5, 0.6) is 0 Å². The van der Waals surface area contributed by atoms with Gasteiger partial charge in [-0.2, -0.15) is 0 Å². The van der Waals surface area contributed by atoms with E-state index in [-0.39, 0.29) is 0 Å². The molecule has 6 nitrogen and oxygen atoms in total. The number of nitrogens with zero attached hydrogens (tertiary/aromatic N) is 3. The first-order valence-electron chi connectivity index (χ1n) is 8.82. The van der Waals surface area contributed by atoms with E-state index in [0.29, 0.717) is 0 Å². The smallest absolute Gasteiger partial charge is 0.411 e. The Morgan fingerprint density at radius 2 is 1.88 bits per heavy atom. The molecule has 0 bridgehead atoms. The summed E-state index contributed by atoms with van der Waals surface area (Å²) < 4.78 is 5.45. The maximum Gasteiger partial charge on any atom is 0.411 e. The first-order chi connectivity index (χ1) is 11.7. The maximum absolute atomic E-state index is 12.5. The summed E-state index contributed by atoms with van der Waals surface area (Å²) in [6.45, 7) is 8.97. The second-order valence-corrected chi connectivity index (χ2v) is 7.73. The zero-order valence-electron chi connectivity index (χ0n) is 15.9. The molecule has 1 fully saturated rings. The van der Waals surface area contributed by atoms with E-state index in [4.69, 9.17) is 4.74 Å². The minimum absolute atomic E-state index is 0.532. The number of pyridine rings is 1. The molecule has 1 amide bonds. The quantitative estimate of drug-likeness (QED) is 0.782. The van der Waals surface area contributed by atoms with Gasteiger partial charge in [0.25, 0.3) is 0 Å². The largest absolute Gasteiger partial charge is 0.444 e. The molecule has 1 aromatic heterocycles. The Labute approximate surface area is 150 Å². The highest BCUT2D eigenvalue weighted by molar-refractivity contribution is 5.80. The number of carbonyl (C=O) groups excluding carboxylic acids is 2. The van der Waals surface area contributed by atoms with E-state index >= 15 is 0 Å². The molecule has 0 aromatic carbocycles. The second kappa shape index (κ2) is 7.42. The Morgan fingerprint density at radius 1 is 1.24 bits per heavy atom. The number of rotatable bonds is 4. The van der Waals surface area contributed by atoms with Gasteiger partial charge in [0.15, 0.2) is 0 Å². The van der Waals surface area contributed by atoms with Gasteiger partial charge in [0, 0.05) is 31.9 Å².